The van der Waals surface area contributed by atoms with Crippen molar-refractivity contribution in [1.29, 1.82) is 0 Å². The van der Waals surface area contributed by atoms with E-state index in [9.17, 15) is 5.11 Å². The van der Waals surface area contributed by atoms with E-state index in [0.717, 1.165) is 19.6 Å². The smallest absolute Gasteiger partial charge is 0.0735 e. The van der Waals surface area contributed by atoms with Gasteiger partial charge in [0, 0.05) is 30.1 Å². The van der Waals surface area contributed by atoms with E-state index in [1.54, 1.807) is 0 Å². The minimum atomic E-state index is -0.131. The summed E-state index contributed by atoms with van der Waals surface area (Å²) in [7, 11) is 0. The minimum Gasteiger partial charge on any atom is -0.391 e. The van der Waals surface area contributed by atoms with Crippen LogP contribution in [-0.2, 0) is 0 Å². The number of likely N-dealkylation sites (tertiary alicyclic amines) is 1. The molecule has 1 saturated carbocycles. The molecule has 0 bridgehead atoms. The second-order valence-corrected chi connectivity index (χ2v) is 4.60. The third kappa shape index (κ3) is 1.39. The van der Waals surface area contributed by atoms with Crippen molar-refractivity contribution in [2.75, 3.05) is 19.6 Å². The van der Waals surface area contributed by atoms with Gasteiger partial charge in [-0.15, -0.1) is 0 Å². The van der Waals surface area contributed by atoms with Crippen LogP contribution in [0.2, 0.25) is 0 Å². The van der Waals surface area contributed by atoms with Crippen LogP contribution < -0.4 is 0 Å². The molecule has 1 aliphatic carbocycles. The van der Waals surface area contributed by atoms with Crippen LogP contribution in [-0.4, -0.2) is 35.7 Å². The summed E-state index contributed by atoms with van der Waals surface area (Å²) >= 11 is 5.70. The molecule has 1 spiro atoms. The Morgan fingerprint density at radius 1 is 1.67 bits per heavy atom. The standard InChI is InChI=1S/C9H14ClNO/c1-7(10)4-11-5-8(12)9(6-11)2-3-9/h8,12H,1-6H2. The molecule has 0 amide bonds. The average molecular weight is 188 g/mol. The number of nitrogens with zero attached hydrogens (tertiary/aromatic N) is 1. The van der Waals surface area contributed by atoms with Gasteiger partial charge in [0.15, 0.2) is 0 Å². The van der Waals surface area contributed by atoms with Crippen LogP contribution in [0.1, 0.15) is 12.8 Å². The summed E-state index contributed by atoms with van der Waals surface area (Å²) in [6, 6.07) is 0. The maximum atomic E-state index is 9.69. The summed E-state index contributed by atoms with van der Waals surface area (Å²) < 4.78 is 0. The van der Waals surface area contributed by atoms with Gasteiger partial charge in [-0.25, -0.2) is 0 Å². The first-order valence-electron chi connectivity index (χ1n) is 4.36. The summed E-state index contributed by atoms with van der Waals surface area (Å²) in [5, 5.41) is 10.4. The summed E-state index contributed by atoms with van der Waals surface area (Å²) in [5.74, 6) is 0. The molecule has 2 fully saturated rings. The quantitative estimate of drug-likeness (QED) is 0.702. The number of hydrogen-bond donors (Lipinski definition) is 1. The zero-order chi connectivity index (χ0) is 8.77. The third-order valence-corrected chi connectivity index (χ3v) is 3.08. The van der Waals surface area contributed by atoms with Gasteiger partial charge in [0.2, 0.25) is 0 Å². The lowest BCUT2D eigenvalue weighted by molar-refractivity contribution is 0.132. The molecule has 2 rings (SSSR count). The number of aliphatic hydroxyl groups is 1. The summed E-state index contributed by atoms with van der Waals surface area (Å²) in [5.41, 5.74) is 0.242. The predicted octanol–water partition coefficient (Wildman–Crippen LogP) is 1.20. The second-order valence-electron chi connectivity index (χ2n) is 4.07. The lowest BCUT2D eigenvalue weighted by Crippen LogP contribution is -2.23. The highest BCUT2D eigenvalue weighted by Crippen LogP contribution is 2.52. The first-order chi connectivity index (χ1) is 5.62. The maximum Gasteiger partial charge on any atom is 0.0735 e. The van der Waals surface area contributed by atoms with Crippen molar-refractivity contribution in [2.45, 2.75) is 18.9 Å². The van der Waals surface area contributed by atoms with Gasteiger partial charge in [0.05, 0.1) is 6.10 Å². The Morgan fingerprint density at radius 2 is 2.33 bits per heavy atom. The van der Waals surface area contributed by atoms with Crippen LogP contribution in [0.4, 0.5) is 0 Å². The van der Waals surface area contributed by atoms with Gasteiger partial charge in [-0.2, -0.15) is 0 Å². The number of rotatable bonds is 2. The monoisotopic (exact) mass is 187 g/mol. The molecule has 1 atom stereocenters. The number of halogens is 1. The van der Waals surface area contributed by atoms with E-state index >= 15 is 0 Å². The number of aliphatic hydroxyl groups excluding tert-OH is 1. The fourth-order valence-electron chi connectivity index (χ4n) is 2.07. The Balaban J connectivity index is 1.93. The summed E-state index contributed by atoms with van der Waals surface area (Å²) in [4.78, 5) is 2.19. The van der Waals surface area contributed by atoms with Crippen LogP contribution in [0.3, 0.4) is 0 Å². The van der Waals surface area contributed by atoms with Gasteiger partial charge >= 0.3 is 0 Å². The molecule has 0 aromatic carbocycles. The molecular formula is C9H14ClNO. The molecule has 1 heterocycles. The number of β-amino-alcohol motifs (C(OH)–C–C–N with tert-alkyl or cyclic N) is 1. The van der Waals surface area contributed by atoms with Crippen molar-refractivity contribution in [1.82, 2.24) is 4.90 Å². The van der Waals surface area contributed by atoms with Crippen LogP contribution >= 0.6 is 11.6 Å². The zero-order valence-corrected chi connectivity index (χ0v) is 7.85. The van der Waals surface area contributed by atoms with E-state index in [1.165, 1.54) is 12.8 Å². The van der Waals surface area contributed by atoms with Crippen LogP contribution in [0, 0.1) is 5.41 Å². The molecule has 1 saturated heterocycles. The highest BCUT2D eigenvalue weighted by Gasteiger charge is 2.54. The van der Waals surface area contributed by atoms with E-state index in [4.69, 9.17) is 11.6 Å². The third-order valence-electron chi connectivity index (χ3n) is 2.96. The largest absolute Gasteiger partial charge is 0.391 e. The Labute approximate surface area is 77.8 Å². The topological polar surface area (TPSA) is 23.5 Å². The van der Waals surface area contributed by atoms with E-state index < -0.39 is 0 Å². The molecule has 68 valence electrons. The van der Waals surface area contributed by atoms with Crippen molar-refractivity contribution < 1.29 is 5.11 Å². The predicted molar refractivity (Wildman–Crippen MR) is 49.1 cm³/mol. The maximum absolute atomic E-state index is 9.69. The molecule has 1 aliphatic heterocycles. The molecular weight excluding hydrogens is 174 g/mol. The lowest BCUT2D eigenvalue weighted by Gasteiger charge is -2.13. The SMILES string of the molecule is C=C(Cl)CN1CC(O)C2(CC2)C1. The van der Waals surface area contributed by atoms with Crippen molar-refractivity contribution in [3.8, 4) is 0 Å². The lowest BCUT2D eigenvalue weighted by atomic mass is 10.0. The molecule has 1 unspecified atom stereocenters. The van der Waals surface area contributed by atoms with Crippen molar-refractivity contribution in [3.05, 3.63) is 11.6 Å². The fourth-order valence-corrected chi connectivity index (χ4v) is 2.24. The highest BCUT2D eigenvalue weighted by atomic mass is 35.5. The van der Waals surface area contributed by atoms with Gasteiger partial charge in [-0.05, 0) is 12.8 Å². The minimum absolute atomic E-state index is 0.131. The Morgan fingerprint density at radius 3 is 2.75 bits per heavy atom. The van der Waals surface area contributed by atoms with Crippen LogP contribution in [0.25, 0.3) is 0 Å². The van der Waals surface area contributed by atoms with Crippen molar-refractivity contribution >= 4 is 11.6 Å². The normalized spacial score (nSPS) is 32.7. The fraction of sp³-hybridized carbons (Fsp3) is 0.778. The summed E-state index contributed by atoms with van der Waals surface area (Å²) in [6.45, 7) is 6.15. The molecule has 12 heavy (non-hydrogen) atoms. The van der Waals surface area contributed by atoms with Gasteiger partial charge in [-0.3, -0.25) is 4.90 Å². The second kappa shape index (κ2) is 2.72. The van der Waals surface area contributed by atoms with Crippen molar-refractivity contribution in [3.63, 3.8) is 0 Å². The molecule has 3 heteroatoms. The molecule has 0 radical (unpaired) electrons. The van der Waals surface area contributed by atoms with Crippen LogP contribution in [0.5, 0.6) is 0 Å². The van der Waals surface area contributed by atoms with E-state index in [-0.39, 0.29) is 11.5 Å². The molecule has 2 nitrogen and oxygen atoms in total. The van der Waals surface area contributed by atoms with Crippen LogP contribution in [0.15, 0.2) is 11.6 Å². The average Bonchev–Trinajstić information content (AvgIpc) is 2.60. The Bertz CT molecular complexity index is 213. The zero-order valence-electron chi connectivity index (χ0n) is 7.09. The first kappa shape index (κ1) is 8.54. The van der Waals surface area contributed by atoms with E-state index in [1.807, 2.05) is 0 Å². The van der Waals surface area contributed by atoms with Gasteiger partial charge in [0.1, 0.15) is 0 Å². The Kier molecular flexibility index (Phi) is 1.94. The van der Waals surface area contributed by atoms with E-state index in [0.29, 0.717) is 5.03 Å². The van der Waals surface area contributed by atoms with Gasteiger partial charge < -0.3 is 5.11 Å². The van der Waals surface area contributed by atoms with Crippen molar-refractivity contribution in [2.24, 2.45) is 5.41 Å². The first-order valence-corrected chi connectivity index (χ1v) is 4.74. The summed E-state index contributed by atoms with van der Waals surface area (Å²) in [6.07, 6.45) is 2.23. The Hall–Kier alpha value is -0.0500. The molecule has 0 aromatic heterocycles. The molecule has 1 N–H and O–H groups in total. The number of hydrogen-bond acceptors (Lipinski definition) is 2. The molecule has 0 aromatic rings. The van der Waals surface area contributed by atoms with Gasteiger partial charge in [-0.1, -0.05) is 18.2 Å². The highest BCUT2D eigenvalue weighted by molar-refractivity contribution is 6.29. The van der Waals surface area contributed by atoms with Gasteiger partial charge in [0.25, 0.3) is 0 Å². The molecule has 2 aliphatic rings. The van der Waals surface area contributed by atoms with E-state index in [2.05, 4.69) is 11.5 Å².